The summed E-state index contributed by atoms with van der Waals surface area (Å²) in [4.78, 5) is 0. The topological polar surface area (TPSA) is 12.0 Å². The van der Waals surface area contributed by atoms with Crippen molar-refractivity contribution in [3.63, 3.8) is 0 Å². The molecule has 0 aliphatic heterocycles. The van der Waals surface area contributed by atoms with E-state index in [2.05, 4.69) is 5.32 Å². The summed E-state index contributed by atoms with van der Waals surface area (Å²) in [6.07, 6.45) is 10.8. The summed E-state index contributed by atoms with van der Waals surface area (Å²) >= 11 is 6.30. The van der Waals surface area contributed by atoms with Crippen LogP contribution in [-0.2, 0) is 0 Å². The number of nitrogens with one attached hydrogen (secondary N) is 1. The van der Waals surface area contributed by atoms with Crippen molar-refractivity contribution in [2.24, 2.45) is 0 Å². The Labute approximate surface area is 86.2 Å². The number of rotatable bonds is 2. The molecule has 2 saturated carbocycles. The van der Waals surface area contributed by atoms with Crippen LogP contribution >= 0.6 is 11.6 Å². The minimum atomic E-state index is 0.398. The van der Waals surface area contributed by atoms with Crippen molar-refractivity contribution in [3.05, 3.63) is 0 Å². The zero-order valence-electron chi connectivity index (χ0n) is 8.27. The Hall–Kier alpha value is 0.250. The summed E-state index contributed by atoms with van der Waals surface area (Å²) in [6, 6.07) is 1.39. The van der Waals surface area contributed by atoms with E-state index in [-0.39, 0.29) is 0 Å². The highest BCUT2D eigenvalue weighted by Crippen LogP contribution is 2.26. The largest absolute Gasteiger partial charge is 0.310 e. The van der Waals surface area contributed by atoms with E-state index in [0.717, 1.165) is 6.04 Å². The molecule has 0 spiro atoms. The quantitative estimate of drug-likeness (QED) is 0.678. The fourth-order valence-corrected chi connectivity index (χ4v) is 3.02. The molecule has 0 bridgehead atoms. The molecule has 0 heterocycles. The highest BCUT2D eigenvalue weighted by atomic mass is 35.5. The van der Waals surface area contributed by atoms with E-state index >= 15 is 0 Å². The van der Waals surface area contributed by atoms with Gasteiger partial charge >= 0.3 is 0 Å². The second-order valence-electron chi connectivity index (χ2n) is 4.55. The molecule has 13 heavy (non-hydrogen) atoms. The van der Waals surface area contributed by atoms with Gasteiger partial charge in [-0.2, -0.15) is 0 Å². The van der Waals surface area contributed by atoms with Gasteiger partial charge in [0.1, 0.15) is 0 Å². The molecule has 2 aliphatic carbocycles. The minimum Gasteiger partial charge on any atom is -0.310 e. The summed E-state index contributed by atoms with van der Waals surface area (Å²) in [6.45, 7) is 0. The van der Waals surface area contributed by atoms with Gasteiger partial charge < -0.3 is 5.32 Å². The summed E-state index contributed by atoms with van der Waals surface area (Å²) in [5, 5.41) is 4.13. The molecule has 2 heteroatoms. The molecule has 1 N–H and O–H groups in total. The average Bonchev–Trinajstić information content (AvgIpc) is 2.61. The molecular weight excluding hydrogens is 182 g/mol. The third kappa shape index (κ3) is 2.60. The van der Waals surface area contributed by atoms with Gasteiger partial charge in [0.05, 0.1) is 0 Å². The third-order valence-corrected chi connectivity index (χ3v) is 4.01. The van der Waals surface area contributed by atoms with E-state index < -0.39 is 0 Å². The molecule has 1 nitrogen and oxygen atoms in total. The van der Waals surface area contributed by atoms with Crippen LogP contribution < -0.4 is 5.32 Å². The van der Waals surface area contributed by atoms with Gasteiger partial charge in [0.15, 0.2) is 0 Å². The van der Waals surface area contributed by atoms with Crippen LogP contribution in [0.3, 0.4) is 0 Å². The number of alkyl halides is 1. The maximum absolute atomic E-state index is 6.30. The number of halogens is 1. The first-order valence-corrected chi connectivity index (χ1v) is 6.20. The number of hydrogen-bond acceptors (Lipinski definition) is 1. The molecule has 0 amide bonds. The lowest BCUT2D eigenvalue weighted by molar-refractivity contribution is 0.342. The standard InChI is InChI=1S/C11H20ClN/c12-10-7-3-4-8-11(10)13-9-5-1-2-6-9/h9-11,13H,1-8H2. The van der Waals surface area contributed by atoms with Gasteiger partial charge in [-0.1, -0.05) is 25.7 Å². The molecule has 2 aliphatic rings. The SMILES string of the molecule is ClC1CCCCC1NC1CCCC1. The van der Waals surface area contributed by atoms with Gasteiger partial charge in [-0.25, -0.2) is 0 Å². The summed E-state index contributed by atoms with van der Waals surface area (Å²) in [5.41, 5.74) is 0. The number of hydrogen-bond donors (Lipinski definition) is 1. The van der Waals surface area contributed by atoms with Crippen LogP contribution in [0, 0.1) is 0 Å². The molecule has 2 fully saturated rings. The zero-order chi connectivity index (χ0) is 9.10. The van der Waals surface area contributed by atoms with E-state index in [1.807, 2.05) is 0 Å². The Kier molecular flexibility index (Phi) is 3.51. The van der Waals surface area contributed by atoms with Gasteiger partial charge in [0, 0.05) is 17.5 Å². The predicted molar refractivity (Wildman–Crippen MR) is 57.3 cm³/mol. The molecule has 2 atom stereocenters. The summed E-state index contributed by atoms with van der Waals surface area (Å²) in [7, 11) is 0. The molecule has 2 unspecified atom stereocenters. The molecule has 0 saturated heterocycles. The van der Waals surface area contributed by atoms with E-state index in [1.165, 1.54) is 51.4 Å². The Morgan fingerprint density at radius 1 is 0.846 bits per heavy atom. The smallest absolute Gasteiger partial charge is 0.0489 e. The van der Waals surface area contributed by atoms with Gasteiger partial charge in [0.2, 0.25) is 0 Å². The fraction of sp³-hybridized carbons (Fsp3) is 1.00. The van der Waals surface area contributed by atoms with Crippen molar-refractivity contribution >= 4 is 11.6 Å². The van der Waals surface area contributed by atoms with Crippen LogP contribution in [0.4, 0.5) is 0 Å². The van der Waals surface area contributed by atoms with E-state index in [1.54, 1.807) is 0 Å². The van der Waals surface area contributed by atoms with Gasteiger partial charge in [0.25, 0.3) is 0 Å². The Morgan fingerprint density at radius 3 is 2.15 bits per heavy atom. The molecule has 2 rings (SSSR count). The Balaban J connectivity index is 1.78. The first kappa shape index (κ1) is 9.79. The molecular formula is C11H20ClN. The second kappa shape index (κ2) is 4.65. The Bertz CT molecular complexity index is 154. The molecule has 0 radical (unpaired) electrons. The second-order valence-corrected chi connectivity index (χ2v) is 5.12. The maximum Gasteiger partial charge on any atom is 0.0489 e. The van der Waals surface area contributed by atoms with Gasteiger partial charge in [-0.05, 0) is 25.7 Å². The average molecular weight is 202 g/mol. The predicted octanol–water partition coefficient (Wildman–Crippen LogP) is 3.07. The van der Waals surface area contributed by atoms with Crippen molar-refractivity contribution in [2.75, 3.05) is 0 Å². The van der Waals surface area contributed by atoms with Gasteiger partial charge in [-0.15, -0.1) is 11.6 Å². The lowest BCUT2D eigenvalue weighted by atomic mass is 9.94. The highest BCUT2D eigenvalue weighted by molar-refractivity contribution is 6.21. The monoisotopic (exact) mass is 201 g/mol. The van der Waals surface area contributed by atoms with Crippen molar-refractivity contribution in [1.29, 1.82) is 0 Å². The first-order valence-electron chi connectivity index (χ1n) is 5.76. The van der Waals surface area contributed by atoms with Crippen LogP contribution in [0.5, 0.6) is 0 Å². The third-order valence-electron chi connectivity index (χ3n) is 3.49. The fourth-order valence-electron chi connectivity index (χ4n) is 2.67. The molecule has 76 valence electrons. The van der Waals surface area contributed by atoms with Gasteiger partial charge in [-0.3, -0.25) is 0 Å². The molecule has 0 aromatic rings. The van der Waals surface area contributed by atoms with E-state index in [9.17, 15) is 0 Å². The van der Waals surface area contributed by atoms with Crippen LogP contribution in [0.1, 0.15) is 51.4 Å². The van der Waals surface area contributed by atoms with Crippen molar-refractivity contribution < 1.29 is 0 Å². The summed E-state index contributed by atoms with van der Waals surface area (Å²) < 4.78 is 0. The van der Waals surface area contributed by atoms with Crippen LogP contribution in [0.25, 0.3) is 0 Å². The van der Waals surface area contributed by atoms with Crippen molar-refractivity contribution in [3.8, 4) is 0 Å². The normalized spacial score (nSPS) is 36.7. The first-order chi connectivity index (χ1) is 6.36. The lowest BCUT2D eigenvalue weighted by Gasteiger charge is -2.30. The maximum atomic E-state index is 6.30. The zero-order valence-corrected chi connectivity index (χ0v) is 9.02. The Morgan fingerprint density at radius 2 is 1.46 bits per heavy atom. The van der Waals surface area contributed by atoms with Crippen molar-refractivity contribution in [2.45, 2.75) is 68.8 Å². The highest BCUT2D eigenvalue weighted by Gasteiger charge is 2.26. The van der Waals surface area contributed by atoms with E-state index in [4.69, 9.17) is 11.6 Å². The lowest BCUT2D eigenvalue weighted by Crippen LogP contribution is -2.44. The molecule has 0 aromatic heterocycles. The minimum absolute atomic E-state index is 0.398. The summed E-state index contributed by atoms with van der Waals surface area (Å²) in [5.74, 6) is 0. The van der Waals surface area contributed by atoms with Crippen LogP contribution in [0.15, 0.2) is 0 Å². The van der Waals surface area contributed by atoms with Crippen LogP contribution in [0.2, 0.25) is 0 Å². The van der Waals surface area contributed by atoms with Crippen LogP contribution in [-0.4, -0.2) is 17.5 Å². The molecule has 0 aromatic carbocycles. The van der Waals surface area contributed by atoms with Crippen molar-refractivity contribution in [1.82, 2.24) is 5.32 Å². The van der Waals surface area contributed by atoms with E-state index in [0.29, 0.717) is 11.4 Å².